The van der Waals surface area contributed by atoms with Gasteiger partial charge in [-0.25, -0.2) is 18.2 Å². The van der Waals surface area contributed by atoms with Gasteiger partial charge in [-0.1, -0.05) is 0 Å². The van der Waals surface area contributed by atoms with Crippen molar-refractivity contribution in [3.05, 3.63) is 23.4 Å². The van der Waals surface area contributed by atoms with E-state index in [0.29, 0.717) is 31.0 Å². The first-order valence-electron chi connectivity index (χ1n) is 6.05. The maximum atomic E-state index is 11.5. The third-order valence-electron chi connectivity index (χ3n) is 3.18. The minimum Gasteiger partial charge on any atom is -0.478 e. The first-order chi connectivity index (χ1) is 8.89. The Morgan fingerprint density at radius 3 is 2.68 bits per heavy atom. The van der Waals surface area contributed by atoms with Crippen molar-refractivity contribution in [2.24, 2.45) is 0 Å². The zero-order valence-electron chi connectivity index (χ0n) is 10.7. The number of sulfone groups is 1. The SMILES string of the molecule is Cc1nc(N2CCCS(=O)(=O)CC2)ccc1C(=O)O. The summed E-state index contributed by atoms with van der Waals surface area (Å²) >= 11 is 0. The first-order valence-corrected chi connectivity index (χ1v) is 7.87. The van der Waals surface area contributed by atoms with Crippen LogP contribution in [0.1, 0.15) is 22.5 Å². The number of carboxylic acids is 1. The second kappa shape index (κ2) is 5.16. The minimum absolute atomic E-state index is 0.119. The molecular weight excluding hydrogens is 268 g/mol. The number of carbonyl (C=O) groups is 1. The average Bonchev–Trinajstić information content (AvgIpc) is 2.49. The lowest BCUT2D eigenvalue weighted by atomic mass is 10.2. The summed E-state index contributed by atoms with van der Waals surface area (Å²) in [6, 6.07) is 3.15. The van der Waals surface area contributed by atoms with E-state index in [-0.39, 0.29) is 17.1 Å². The number of pyridine rings is 1. The molecule has 0 saturated carbocycles. The van der Waals surface area contributed by atoms with Gasteiger partial charge in [0, 0.05) is 13.1 Å². The van der Waals surface area contributed by atoms with E-state index in [1.807, 2.05) is 4.90 Å². The highest BCUT2D eigenvalue weighted by Gasteiger charge is 2.20. The van der Waals surface area contributed by atoms with E-state index in [9.17, 15) is 13.2 Å². The molecule has 0 spiro atoms. The van der Waals surface area contributed by atoms with E-state index in [4.69, 9.17) is 5.11 Å². The number of aromatic carboxylic acids is 1. The Labute approximate surface area is 112 Å². The maximum absolute atomic E-state index is 11.5. The molecule has 1 aliphatic heterocycles. The number of carboxylic acid groups (broad SMARTS) is 1. The third-order valence-corrected chi connectivity index (χ3v) is 4.90. The Bertz CT molecular complexity index is 598. The molecule has 0 radical (unpaired) electrons. The van der Waals surface area contributed by atoms with Crippen LogP contribution in [0.5, 0.6) is 0 Å². The third kappa shape index (κ3) is 3.23. The highest BCUT2D eigenvalue weighted by atomic mass is 32.2. The molecule has 1 fully saturated rings. The monoisotopic (exact) mass is 284 g/mol. The zero-order valence-corrected chi connectivity index (χ0v) is 11.5. The zero-order chi connectivity index (χ0) is 14.0. The predicted molar refractivity (Wildman–Crippen MR) is 71.4 cm³/mol. The van der Waals surface area contributed by atoms with E-state index in [2.05, 4.69) is 4.98 Å². The summed E-state index contributed by atoms with van der Waals surface area (Å²) in [5.41, 5.74) is 0.614. The largest absolute Gasteiger partial charge is 0.478 e. The van der Waals surface area contributed by atoms with Crippen LogP contribution in [0, 0.1) is 6.92 Å². The summed E-state index contributed by atoms with van der Waals surface area (Å²) in [6.07, 6.45) is 0.573. The van der Waals surface area contributed by atoms with Gasteiger partial charge in [-0.3, -0.25) is 0 Å². The average molecular weight is 284 g/mol. The smallest absolute Gasteiger partial charge is 0.337 e. The molecule has 19 heavy (non-hydrogen) atoms. The standard InChI is InChI=1S/C12H16N2O4S/c1-9-10(12(15)16)3-4-11(13-9)14-5-2-7-19(17,18)8-6-14/h3-4H,2,5-8H2,1H3,(H,15,16). The fourth-order valence-corrected chi connectivity index (χ4v) is 3.39. The number of hydrogen-bond donors (Lipinski definition) is 1. The number of anilines is 1. The summed E-state index contributed by atoms with van der Waals surface area (Å²) in [6.45, 7) is 2.67. The summed E-state index contributed by atoms with van der Waals surface area (Å²) in [5.74, 6) is -0.0426. The molecule has 1 N–H and O–H groups in total. The van der Waals surface area contributed by atoms with Gasteiger partial charge in [0.15, 0.2) is 9.84 Å². The molecule has 2 heterocycles. The summed E-state index contributed by atoms with van der Waals surface area (Å²) in [7, 11) is -2.96. The number of aromatic nitrogens is 1. The summed E-state index contributed by atoms with van der Waals surface area (Å²) in [4.78, 5) is 17.1. The van der Waals surface area contributed by atoms with Crippen LogP contribution < -0.4 is 4.90 Å². The highest BCUT2D eigenvalue weighted by molar-refractivity contribution is 7.91. The molecule has 2 rings (SSSR count). The molecule has 0 aromatic carbocycles. The molecule has 1 aliphatic rings. The van der Waals surface area contributed by atoms with Crippen LogP contribution in [0.15, 0.2) is 12.1 Å². The number of rotatable bonds is 2. The predicted octanol–water partition coefficient (Wildman–Crippen LogP) is 0.713. The fraction of sp³-hybridized carbons (Fsp3) is 0.500. The fourth-order valence-electron chi connectivity index (χ4n) is 2.12. The minimum atomic E-state index is -2.96. The van der Waals surface area contributed by atoms with E-state index in [1.54, 1.807) is 13.0 Å². The Kier molecular flexibility index (Phi) is 3.75. The highest BCUT2D eigenvalue weighted by Crippen LogP contribution is 2.17. The molecular formula is C12H16N2O4S. The van der Waals surface area contributed by atoms with Gasteiger partial charge < -0.3 is 10.0 Å². The van der Waals surface area contributed by atoms with E-state index in [0.717, 1.165) is 0 Å². The molecule has 0 bridgehead atoms. The Morgan fingerprint density at radius 2 is 2.05 bits per heavy atom. The van der Waals surface area contributed by atoms with Crippen LogP contribution in [0.25, 0.3) is 0 Å². The van der Waals surface area contributed by atoms with E-state index in [1.165, 1.54) is 6.07 Å². The van der Waals surface area contributed by atoms with Crippen molar-refractivity contribution in [3.63, 3.8) is 0 Å². The van der Waals surface area contributed by atoms with Crippen LogP contribution in [0.4, 0.5) is 5.82 Å². The molecule has 0 unspecified atom stereocenters. The van der Waals surface area contributed by atoms with E-state index >= 15 is 0 Å². The van der Waals surface area contributed by atoms with Crippen molar-refractivity contribution < 1.29 is 18.3 Å². The van der Waals surface area contributed by atoms with Gasteiger partial charge >= 0.3 is 5.97 Å². The Balaban J connectivity index is 2.23. The van der Waals surface area contributed by atoms with Gasteiger partial charge in [-0.15, -0.1) is 0 Å². The van der Waals surface area contributed by atoms with Gasteiger partial charge in [-0.05, 0) is 25.5 Å². The van der Waals surface area contributed by atoms with Gasteiger partial charge in [0.25, 0.3) is 0 Å². The van der Waals surface area contributed by atoms with Crippen LogP contribution in [0.2, 0.25) is 0 Å². The number of nitrogens with zero attached hydrogens (tertiary/aromatic N) is 2. The van der Waals surface area contributed by atoms with Crippen molar-refractivity contribution in [2.45, 2.75) is 13.3 Å². The van der Waals surface area contributed by atoms with E-state index < -0.39 is 15.8 Å². The van der Waals surface area contributed by atoms with Crippen LogP contribution in [-0.4, -0.2) is 49.1 Å². The molecule has 7 heteroatoms. The molecule has 0 atom stereocenters. The van der Waals surface area contributed by atoms with Crippen LogP contribution >= 0.6 is 0 Å². The first kappa shape index (κ1) is 13.8. The summed E-state index contributed by atoms with van der Waals surface area (Å²) in [5, 5.41) is 8.95. The second-order valence-electron chi connectivity index (χ2n) is 4.60. The van der Waals surface area contributed by atoms with Crippen LogP contribution in [0.3, 0.4) is 0 Å². The van der Waals surface area contributed by atoms with Gasteiger partial charge in [0.2, 0.25) is 0 Å². The number of aryl methyl sites for hydroxylation is 1. The molecule has 0 aliphatic carbocycles. The molecule has 1 aromatic heterocycles. The quantitative estimate of drug-likeness (QED) is 0.860. The van der Waals surface area contributed by atoms with Gasteiger partial charge in [-0.2, -0.15) is 0 Å². The second-order valence-corrected chi connectivity index (χ2v) is 6.90. The topological polar surface area (TPSA) is 87.6 Å². The van der Waals surface area contributed by atoms with Crippen molar-refractivity contribution in [2.75, 3.05) is 29.5 Å². The Morgan fingerprint density at radius 1 is 1.32 bits per heavy atom. The lowest BCUT2D eigenvalue weighted by molar-refractivity contribution is 0.0695. The molecule has 1 aromatic rings. The Hall–Kier alpha value is -1.63. The lowest BCUT2D eigenvalue weighted by Gasteiger charge is -2.21. The normalized spacial score (nSPS) is 18.9. The molecule has 0 amide bonds. The van der Waals surface area contributed by atoms with Gasteiger partial charge in [0.1, 0.15) is 5.82 Å². The van der Waals surface area contributed by atoms with Crippen molar-refractivity contribution in [1.29, 1.82) is 0 Å². The lowest BCUT2D eigenvalue weighted by Crippen LogP contribution is -2.27. The summed E-state index contributed by atoms with van der Waals surface area (Å²) < 4.78 is 23.1. The molecule has 1 saturated heterocycles. The van der Waals surface area contributed by atoms with Crippen LogP contribution in [-0.2, 0) is 9.84 Å². The van der Waals surface area contributed by atoms with Crippen molar-refractivity contribution in [3.8, 4) is 0 Å². The molecule has 104 valence electrons. The van der Waals surface area contributed by atoms with Gasteiger partial charge in [0.05, 0.1) is 22.8 Å². The molecule has 6 nitrogen and oxygen atoms in total. The van der Waals surface area contributed by atoms with Crippen molar-refractivity contribution in [1.82, 2.24) is 4.98 Å². The maximum Gasteiger partial charge on any atom is 0.337 e. The number of hydrogen-bond acceptors (Lipinski definition) is 5. The van der Waals surface area contributed by atoms with Crippen molar-refractivity contribution >= 4 is 21.6 Å².